The second-order valence-electron chi connectivity index (χ2n) is 3.50. The van der Waals surface area contributed by atoms with Gasteiger partial charge in [0.15, 0.2) is 0 Å². The van der Waals surface area contributed by atoms with Crippen molar-refractivity contribution in [3.05, 3.63) is 24.0 Å². The van der Waals surface area contributed by atoms with E-state index in [4.69, 9.17) is 5.73 Å². The van der Waals surface area contributed by atoms with Gasteiger partial charge in [0.05, 0.1) is 11.4 Å². The fourth-order valence-corrected chi connectivity index (χ4v) is 1.87. The summed E-state index contributed by atoms with van der Waals surface area (Å²) in [5.74, 6) is 0.558. The Morgan fingerprint density at radius 1 is 1.36 bits per heavy atom. The summed E-state index contributed by atoms with van der Waals surface area (Å²) in [6.45, 7) is 2.17. The Morgan fingerprint density at radius 3 is 2.71 bits per heavy atom. The standard InChI is InChI=1S/C10H15N3.ClH/c11-9-2-1-5-13-10(9)8-3-6-12-7-4-8;/h1-2,5,8,12H,3-4,6-7,11H2;1H. The first kappa shape index (κ1) is 11.3. The number of nitrogens with one attached hydrogen (secondary N) is 1. The highest BCUT2D eigenvalue weighted by Gasteiger charge is 2.17. The number of nitrogens with two attached hydrogens (primary N) is 1. The molecule has 78 valence electrons. The van der Waals surface area contributed by atoms with Crippen LogP contribution in [0.3, 0.4) is 0 Å². The average Bonchev–Trinajstić information content (AvgIpc) is 2.20. The number of pyridine rings is 1. The number of nitrogen functional groups attached to an aromatic ring is 1. The lowest BCUT2D eigenvalue weighted by Crippen LogP contribution is -2.27. The smallest absolute Gasteiger partial charge is 0.0664 e. The van der Waals surface area contributed by atoms with Crippen molar-refractivity contribution < 1.29 is 0 Å². The van der Waals surface area contributed by atoms with Gasteiger partial charge in [-0.25, -0.2) is 0 Å². The molecule has 0 spiro atoms. The molecule has 3 nitrogen and oxygen atoms in total. The molecule has 0 atom stereocenters. The lowest BCUT2D eigenvalue weighted by molar-refractivity contribution is 0.454. The van der Waals surface area contributed by atoms with Crippen LogP contribution in [0.25, 0.3) is 0 Å². The molecule has 2 heterocycles. The molecule has 0 saturated carbocycles. The van der Waals surface area contributed by atoms with Crippen molar-refractivity contribution in [1.82, 2.24) is 10.3 Å². The van der Waals surface area contributed by atoms with E-state index in [1.165, 1.54) is 0 Å². The Bertz CT molecular complexity index is 284. The predicted octanol–water partition coefficient (Wildman–Crippen LogP) is 1.55. The molecule has 0 aromatic carbocycles. The molecular formula is C10H16ClN3. The minimum Gasteiger partial charge on any atom is -0.397 e. The molecular weight excluding hydrogens is 198 g/mol. The third-order valence-corrected chi connectivity index (χ3v) is 2.60. The van der Waals surface area contributed by atoms with Crippen molar-refractivity contribution in [3.63, 3.8) is 0 Å². The van der Waals surface area contributed by atoms with Gasteiger partial charge in [0.2, 0.25) is 0 Å². The van der Waals surface area contributed by atoms with Crippen molar-refractivity contribution in [2.24, 2.45) is 0 Å². The second kappa shape index (κ2) is 5.17. The fourth-order valence-electron chi connectivity index (χ4n) is 1.87. The summed E-state index contributed by atoms with van der Waals surface area (Å²) in [5, 5.41) is 3.34. The second-order valence-corrected chi connectivity index (χ2v) is 3.50. The van der Waals surface area contributed by atoms with Gasteiger partial charge < -0.3 is 11.1 Å². The number of rotatable bonds is 1. The van der Waals surface area contributed by atoms with Gasteiger partial charge >= 0.3 is 0 Å². The predicted molar refractivity (Wildman–Crippen MR) is 60.7 cm³/mol. The van der Waals surface area contributed by atoms with Crippen LogP contribution in [0, 0.1) is 0 Å². The van der Waals surface area contributed by atoms with Gasteiger partial charge in [-0.3, -0.25) is 4.98 Å². The Hall–Kier alpha value is -0.800. The van der Waals surface area contributed by atoms with E-state index in [1.54, 1.807) is 0 Å². The van der Waals surface area contributed by atoms with E-state index in [-0.39, 0.29) is 12.4 Å². The average molecular weight is 214 g/mol. The molecule has 1 fully saturated rings. The van der Waals surface area contributed by atoms with Crippen molar-refractivity contribution >= 4 is 18.1 Å². The van der Waals surface area contributed by atoms with Crippen LogP contribution >= 0.6 is 12.4 Å². The SMILES string of the molecule is Cl.Nc1cccnc1C1CCNCC1. The fraction of sp³-hybridized carbons (Fsp3) is 0.500. The maximum Gasteiger partial charge on any atom is 0.0664 e. The Balaban J connectivity index is 0.000000980. The molecule has 1 aliphatic heterocycles. The molecule has 1 aromatic heterocycles. The van der Waals surface area contributed by atoms with Gasteiger partial charge in [0.25, 0.3) is 0 Å². The number of piperidine rings is 1. The first-order valence-corrected chi connectivity index (χ1v) is 4.79. The summed E-state index contributed by atoms with van der Waals surface area (Å²) in [6, 6.07) is 3.82. The Labute approximate surface area is 90.5 Å². The van der Waals surface area contributed by atoms with Crippen LogP contribution in [0.5, 0.6) is 0 Å². The van der Waals surface area contributed by atoms with Crippen LogP contribution in [0.4, 0.5) is 5.69 Å². The minimum atomic E-state index is 0. The molecule has 0 aliphatic carbocycles. The van der Waals surface area contributed by atoms with E-state index >= 15 is 0 Å². The molecule has 3 N–H and O–H groups in total. The zero-order valence-electron chi connectivity index (χ0n) is 8.07. The number of hydrogen-bond acceptors (Lipinski definition) is 3. The number of anilines is 1. The highest BCUT2D eigenvalue weighted by Crippen LogP contribution is 2.26. The lowest BCUT2D eigenvalue weighted by Gasteiger charge is -2.22. The van der Waals surface area contributed by atoms with Gasteiger partial charge in [0.1, 0.15) is 0 Å². The lowest BCUT2D eigenvalue weighted by atomic mass is 9.93. The van der Waals surface area contributed by atoms with Crippen LogP contribution in [-0.4, -0.2) is 18.1 Å². The first-order chi connectivity index (χ1) is 6.38. The maximum absolute atomic E-state index is 5.87. The normalized spacial score (nSPS) is 17.4. The zero-order chi connectivity index (χ0) is 9.10. The molecule has 0 amide bonds. The number of aromatic nitrogens is 1. The number of halogens is 1. The summed E-state index contributed by atoms with van der Waals surface area (Å²) < 4.78 is 0. The monoisotopic (exact) mass is 213 g/mol. The van der Waals surface area contributed by atoms with Crippen LogP contribution < -0.4 is 11.1 Å². The number of hydrogen-bond donors (Lipinski definition) is 2. The summed E-state index contributed by atoms with van der Waals surface area (Å²) in [4.78, 5) is 4.35. The van der Waals surface area contributed by atoms with Crippen molar-refractivity contribution in [2.45, 2.75) is 18.8 Å². The quantitative estimate of drug-likeness (QED) is 0.745. The summed E-state index contributed by atoms with van der Waals surface area (Å²) in [6.07, 6.45) is 4.14. The molecule has 0 unspecified atom stereocenters. The van der Waals surface area contributed by atoms with Crippen LogP contribution in [-0.2, 0) is 0 Å². The van der Waals surface area contributed by atoms with Crippen LogP contribution in [0.2, 0.25) is 0 Å². The van der Waals surface area contributed by atoms with E-state index in [0.29, 0.717) is 5.92 Å². The first-order valence-electron chi connectivity index (χ1n) is 4.79. The summed E-state index contributed by atoms with van der Waals surface area (Å²) >= 11 is 0. The third kappa shape index (κ3) is 2.36. The van der Waals surface area contributed by atoms with E-state index in [1.807, 2.05) is 18.3 Å². The Kier molecular flexibility index (Phi) is 4.17. The third-order valence-electron chi connectivity index (χ3n) is 2.60. The molecule has 4 heteroatoms. The highest BCUT2D eigenvalue weighted by molar-refractivity contribution is 5.85. The van der Waals surface area contributed by atoms with Crippen LogP contribution in [0.15, 0.2) is 18.3 Å². The van der Waals surface area contributed by atoms with Gasteiger partial charge in [-0.05, 0) is 38.1 Å². The molecule has 1 aliphatic rings. The topological polar surface area (TPSA) is 50.9 Å². The Morgan fingerprint density at radius 2 is 2.07 bits per heavy atom. The molecule has 14 heavy (non-hydrogen) atoms. The molecule has 1 aromatic rings. The van der Waals surface area contributed by atoms with Gasteiger partial charge in [-0.2, -0.15) is 0 Å². The molecule has 0 radical (unpaired) electrons. The number of nitrogens with zero attached hydrogens (tertiary/aromatic N) is 1. The van der Waals surface area contributed by atoms with Gasteiger partial charge in [-0.15, -0.1) is 12.4 Å². The zero-order valence-corrected chi connectivity index (χ0v) is 8.89. The van der Waals surface area contributed by atoms with E-state index < -0.39 is 0 Å². The van der Waals surface area contributed by atoms with E-state index in [0.717, 1.165) is 37.3 Å². The van der Waals surface area contributed by atoms with Crippen molar-refractivity contribution in [2.75, 3.05) is 18.8 Å². The van der Waals surface area contributed by atoms with E-state index in [2.05, 4.69) is 10.3 Å². The maximum atomic E-state index is 5.87. The van der Waals surface area contributed by atoms with Gasteiger partial charge in [0, 0.05) is 12.1 Å². The molecule has 2 rings (SSSR count). The summed E-state index contributed by atoms with van der Waals surface area (Å²) in [7, 11) is 0. The van der Waals surface area contributed by atoms with Crippen molar-refractivity contribution in [3.8, 4) is 0 Å². The van der Waals surface area contributed by atoms with Crippen molar-refractivity contribution in [1.29, 1.82) is 0 Å². The molecule has 1 saturated heterocycles. The van der Waals surface area contributed by atoms with Gasteiger partial charge in [-0.1, -0.05) is 0 Å². The van der Waals surface area contributed by atoms with Crippen LogP contribution in [0.1, 0.15) is 24.5 Å². The largest absolute Gasteiger partial charge is 0.397 e. The molecule has 0 bridgehead atoms. The minimum absolute atomic E-state index is 0. The highest BCUT2D eigenvalue weighted by atomic mass is 35.5. The van der Waals surface area contributed by atoms with E-state index in [9.17, 15) is 0 Å². The summed E-state index contributed by atoms with van der Waals surface area (Å²) in [5.41, 5.74) is 7.80.